The summed E-state index contributed by atoms with van der Waals surface area (Å²) in [6.07, 6.45) is 9.05. The molecule has 0 amide bonds. The zero-order valence-electron chi connectivity index (χ0n) is 92.6. The highest BCUT2D eigenvalue weighted by Crippen LogP contribution is 2.50. The van der Waals surface area contributed by atoms with E-state index >= 15 is 0 Å². The first-order valence-corrected chi connectivity index (χ1v) is 52.2. The largest absolute Gasteiger partial charge is 0.354 e. The van der Waals surface area contributed by atoms with Crippen molar-refractivity contribution < 1.29 is 0 Å². The molecule has 0 atom stereocenters. The van der Waals surface area contributed by atoms with Gasteiger partial charge >= 0.3 is 0 Å². The molecule has 0 aliphatic carbocycles. The van der Waals surface area contributed by atoms with Crippen molar-refractivity contribution in [2.45, 2.75) is 314 Å². The van der Waals surface area contributed by atoms with Crippen LogP contribution in [0.25, 0.3) is 202 Å². The molecule has 0 saturated heterocycles. The summed E-state index contributed by atoms with van der Waals surface area (Å²) >= 11 is 0. The first-order valence-electron chi connectivity index (χ1n) is 52.2. The molecular formula is C134H150N10. The molecule has 10 heteroatoms. The zero-order valence-corrected chi connectivity index (χ0v) is 92.6. The van der Waals surface area contributed by atoms with Gasteiger partial charge in [0.2, 0.25) is 0 Å². The minimum Gasteiger partial charge on any atom is -0.354 e. The van der Waals surface area contributed by atoms with Crippen molar-refractivity contribution in [2.24, 2.45) is 0 Å². The number of fused-ring (bicyclic) bond motifs is 20. The van der Waals surface area contributed by atoms with Crippen LogP contribution in [0.2, 0.25) is 0 Å². The first kappa shape index (κ1) is 99.5. The normalized spacial score (nSPS) is 13.6. The SMILES string of the molecule is CC(C)(C)c1cc(-c2c3nc(c(-c4cc(C(C)(C)C)cc(C(C)(C)C)c4)c4cc5c6cccc(n6)c6cc7[nH]c6cc6nc(cc-6c6cccc(n6)c6cc(nc-6cc5[nH]4)c(-c4cc(C(C)(C)C)cc(C(C)(C)C)c4)c4ccc2[nH]4)c(-c2cc(C(C)(C)C)cc(C(C)(C)C)c2)c2ccc([nH]2)c(-c2cc(C(C)(C)C)cc(C(C)(C)C)c2)c2nc(c7-c4cc(C(C)(C)C)cc(C(C)(C)C)c4)C=C2)C=C3)cc(C(C)(C)C)c1. The molecule has 10 nitrogen and oxygen atoms in total. The highest BCUT2D eigenvalue weighted by Gasteiger charge is 2.34. The van der Waals surface area contributed by atoms with Crippen LogP contribution in [0, 0.1) is 0 Å². The van der Waals surface area contributed by atoms with Crippen molar-refractivity contribution in [3.8, 4) is 89.3 Å². The topological polar surface area (TPSA) is 140 Å². The Morgan fingerprint density at radius 3 is 0.583 bits per heavy atom. The van der Waals surface area contributed by atoms with E-state index in [1.165, 1.54) is 66.8 Å². The number of aromatic amines is 4. The Bertz CT molecular complexity index is 7770. The number of rotatable bonds is 6. The predicted octanol–water partition coefficient (Wildman–Crippen LogP) is 37.3. The Balaban J connectivity index is 1.09. The van der Waals surface area contributed by atoms with Crippen LogP contribution in [0.1, 0.15) is 339 Å². The first-order chi connectivity index (χ1) is 66.8. The van der Waals surface area contributed by atoms with E-state index in [0.29, 0.717) is 0 Å². The summed E-state index contributed by atoms with van der Waals surface area (Å²) in [6, 6.07) is 79.8. The lowest BCUT2D eigenvalue weighted by molar-refractivity contribution is 0.568. The molecule has 0 saturated carbocycles. The third-order valence-electron chi connectivity index (χ3n) is 30.0. The second kappa shape index (κ2) is 34.2. The number of benzene rings is 6. The highest BCUT2D eigenvalue weighted by molar-refractivity contribution is 6.10. The van der Waals surface area contributed by atoms with Gasteiger partial charge in [0.05, 0.1) is 78.3 Å². The van der Waals surface area contributed by atoms with Gasteiger partial charge in [-0.1, -0.05) is 371 Å². The van der Waals surface area contributed by atoms with Crippen LogP contribution >= 0.6 is 0 Å². The van der Waals surface area contributed by atoms with E-state index in [9.17, 15) is 0 Å². The second-order valence-corrected chi connectivity index (χ2v) is 54.1. The molecule has 0 fully saturated rings. The van der Waals surface area contributed by atoms with Crippen molar-refractivity contribution in [3.63, 3.8) is 0 Å². The molecule has 6 aromatic carbocycles. The molecule has 19 rings (SSSR count). The molecule has 13 heterocycles. The lowest BCUT2D eigenvalue weighted by atomic mass is 9.78. The minimum atomic E-state index is -0.236. The Hall–Kier alpha value is -13.2. The van der Waals surface area contributed by atoms with Gasteiger partial charge in [-0.3, -0.25) is 0 Å². The average molecular weight is 1900 g/mol. The number of hydrogen-bond acceptors (Lipinski definition) is 6. The number of hydrogen-bond donors (Lipinski definition) is 4. The standard InChI is InChI=1S/C134H150N10/c1-123(2,3)81-51-75(52-82(63-81)124(4,5)6)117-101-43-47-105(137-101)119(77-55-85(127(13,14)15)65-86(56-77)128(16,17)18)113-69-93-97-39-37-41-99(135-97)95-71-115-121(79-59-89(131(25,26)27)67-90(60-79)132(28,29)30)107-49-45-103(139-107)118(76-53-83(125(7,8)9)64-84(54-76)126(10,11)12)104-46-50-108(140-104)122(80-61-91(133(31,32)33)68-92(62-80)134(34,35)36)116-72-96(112(144-116)74-111(95)143-115)100-42-38-40-98(136-100)94-70-114(142-110(94)73-109(93)141-113)120(106-48-44-102(117)138-106)78-57-87(129(19,20)21)66-88(58-78)130(22,23)24/h37-74,137,139,142,144H,1-36H3. The van der Waals surface area contributed by atoms with Crippen molar-refractivity contribution in [2.75, 3.05) is 0 Å². The molecule has 144 heavy (non-hydrogen) atoms. The van der Waals surface area contributed by atoms with Crippen molar-refractivity contribution >= 4 is 112 Å². The maximum atomic E-state index is 6.22. The van der Waals surface area contributed by atoms with Gasteiger partial charge in [-0.05, 0) is 274 Å². The molecule has 20 bridgehead atoms. The summed E-state index contributed by atoms with van der Waals surface area (Å²) < 4.78 is 0. The quantitative estimate of drug-likeness (QED) is 0.131. The summed E-state index contributed by atoms with van der Waals surface area (Å²) in [6.45, 7) is 83.9. The fourth-order valence-electron chi connectivity index (χ4n) is 20.5. The van der Waals surface area contributed by atoms with Crippen LogP contribution < -0.4 is 0 Å². The zero-order chi connectivity index (χ0) is 104. The van der Waals surface area contributed by atoms with E-state index in [4.69, 9.17) is 29.9 Å². The predicted molar refractivity (Wildman–Crippen MR) is 620 cm³/mol. The van der Waals surface area contributed by atoms with E-state index in [-0.39, 0.29) is 65.0 Å². The molecule has 0 spiro atoms. The van der Waals surface area contributed by atoms with Crippen LogP contribution in [0.5, 0.6) is 0 Å². The molecule has 8 aromatic heterocycles. The molecular weight excluding hydrogens is 1750 g/mol. The van der Waals surface area contributed by atoms with E-state index in [1.54, 1.807) is 0 Å². The average Bonchev–Trinajstić information content (AvgIpc) is 1.59. The molecule has 5 aliphatic rings. The Labute approximate surface area is 855 Å². The summed E-state index contributed by atoms with van der Waals surface area (Å²) in [5.41, 5.74) is 42.4. The Kier molecular flexibility index (Phi) is 23.7. The third-order valence-corrected chi connectivity index (χ3v) is 30.0. The van der Waals surface area contributed by atoms with Gasteiger partial charge in [0.15, 0.2) is 0 Å². The molecule has 736 valence electrons. The maximum absolute atomic E-state index is 6.22. The maximum Gasteiger partial charge on any atom is 0.0752 e. The van der Waals surface area contributed by atoms with E-state index < -0.39 is 0 Å². The van der Waals surface area contributed by atoms with Gasteiger partial charge in [-0.25, -0.2) is 29.9 Å². The van der Waals surface area contributed by atoms with Crippen molar-refractivity contribution in [1.82, 2.24) is 49.8 Å². The van der Waals surface area contributed by atoms with Crippen LogP contribution in [-0.4, -0.2) is 49.8 Å². The Morgan fingerprint density at radius 1 is 0.160 bits per heavy atom. The van der Waals surface area contributed by atoms with E-state index in [1.807, 2.05) is 0 Å². The third kappa shape index (κ3) is 19.2. The minimum absolute atomic E-state index is 0.202. The van der Waals surface area contributed by atoms with E-state index in [2.05, 4.69) is 500 Å². The number of nitrogens with one attached hydrogen (secondary N) is 4. The molecule has 14 aromatic rings. The van der Waals surface area contributed by atoms with Gasteiger partial charge in [-0.2, -0.15) is 0 Å². The Morgan fingerprint density at radius 2 is 0.354 bits per heavy atom. The summed E-state index contributed by atoms with van der Waals surface area (Å²) in [4.78, 5) is 54.2. The van der Waals surface area contributed by atoms with Gasteiger partial charge in [0, 0.05) is 88.4 Å². The van der Waals surface area contributed by atoms with Crippen molar-refractivity contribution in [1.29, 1.82) is 0 Å². The van der Waals surface area contributed by atoms with E-state index in [0.717, 1.165) is 200 Å². The summed E-state index contributed by atoms with van der Waals surface area (Å²) in [7, 11) is 0. The lowest BCUT2D eigenvalue weighted by Crippen LogP contribution is -2.16. The number of aromatic nitrogens is 10. The van der Waals surface area contributed by atoms with Gasteiger partial charge in [0.25, 0.3) is 0 Å². The summed E-state index contributed by atoms with van der Waals surface area (Å²) in [5.74, 6) is 0. The second-order valence-electron chi connectivity index (χ2n) is 54.1. The van der Waals surface area contributed by atoms with Crippen molar-refractivity contribution in [3.05, 3.63) is 296 Å². The van der Waals surface area contributed by atoms with Gasteiger partial charge in [-0.15, -0.1) is 0 Å². The number of pyridine rings is 2. The molecule has 4 N–H and O–H groups in total. The fraction of sp³-hybridized carbons (Fsp3) is 0.358. The van der Waals surface area contributed by atoms with Gasteiger partial charge in [0.1, 0.15) is 0 Å². The lowest BCUT2D eigenvalue weighted by Gasteiger charge is -2.26. The number of H-pyrrole nitrogens is 4. The number of nitrogens with zero attached hydrogens (tertiary/aromatic N) is 6. The van der Waals surface area contributed by atoms with Crippen LogP contribution in [0.15, 0.2) is 206 Å². The fourth-order valence-corrected chi connectivity index (χ4v) is 20.5. The van der Waals surface area contributed by atoms with Crippen LogP contribution in [0.3, 0.4) is 0 Å². The molecule has 5 aliphatic heterocycles. The summed E-state index contributed by atoms with van der Waals surface area (Å²) in [5, 5.41) is 1.75. The van der Waals surface area contributed by atoms with Crippen LogP contribution in [-0.2, 0) is 65.0 Å². The monoisotopic (exact) mass is 1900 g/mol. The van der Waals surface area contributed by atoms with Gasteiger partial charge < -0.3 is 19.9 Å². The molecule has 0 unspecified atom stereocenters. The highest BCUT2D eigenvalue weighted by atomic mass is 14.8. The van der Waals surface area contributed by atoms with Crippen LogP contribution in [0.4, 0.5) is 0 Å². The smallest absolute Gasteiger partial charge is 0.0752 e. The molecule has 0 radical (unpaired) electrons.